The maximum Gasteiger partial charge on any atom is 0.0587 e. The number of halogens is 1. The van der Waals surface area contributed by atoms with Gasteiger partial charge in [0, 0.05) is 28.4 Å². The molecule has 1 aromatic heterocycles. The molecule has 1 atom stereocenters. The van der Waals surface area contributed by atoms with Crippen molar-refractivity contribution in [2.75, 3.05) is 12.3 Å². The Morgan fingerprint density at radius 3 is 2.90 bits per heavy atom. The van der Waals surface area contributed by atoms with E-state index in [1.54, 1.807) is 0 Å². The number of nitrogens with one attached hydrogen (secondary N) is 1. The molecule has 0 aliphatic carbocycles. The first kappa shape index (κ1) is 15.6. The summed E-state index contributed by atoms with van der Waals surface area (Å²) < 4.78 is 3.08. The van der Waals surface area contributed by atoms with Crippen molar-refractivity contribution < 1.29 is 0 Å². The second-order valence-electron chi connectivity index (χ2n) is 4.65. The minimum Gasteiger partial charge on any atom is -0.308 e. The molecule has 2 rings (SSSR count). The van der Waals surface area contributed by atoms with Crippen LogP contribution in [-0.2, 0) is 7.05 Å². The van der Waals surface area contributed by atoms with E-state index in [0.29, 0.717) is 6.04 Å². The van der Waals surface area contributed by atoms with Gasteiger partial charge in [-0.15, -0.1) is 11.8 Å². The molecule has 108 valence electrons. The second kappa shape index (κ2) is 7.86. The lowest BCUT2D eigenvalue weighted by Gasteiger charge is -2.18. The third-order valence-electron chi connectivity index (χ3n) is 3.07. The molecule has 0 fully saturated rings. The highest BCUT2D eigenvalue weighted by atomic mass is 79.9. The number of nitrogens with zero attached hydrogens (tertiary/aromatic N) is 2. The van der Waals surface area contributed by atoms with Crippen LogP contribution in [-0.4, -0.2) is 22.1 Å². The standard InChI is InChI=1S/C15H20BrN3S/c1-3-8-17-14(15-7-9-18-19(15)2)11-20-13-6-4-5-12(16)10-13/h4-7,9-10,14,17H,3,8,11H2,1-2H3. The highest BCUT2D eigenvalue weighted by Crippen LogP contribution is 2.26. The second-order valence-corrected chi connectivity index (χ2v) is 6.66. The fourth-order valence-corrected chi connectivity index (χ4v) is 3.61. The Morgan fingerprint density at radius 2 is 2.25 bits per heavy atom. The maximum absolute atomic E-state index is 4.27. The van der Waals surface area contributed by atoms with Crippen molar-refractivity contribution in [3.05, 3.63) is 46.7 Å². The first-order valence-corrected chi connectivity index (χ1v) is 8.58. The molecular weight excluding hydrogens is 334 g/mol. The zero-order chi connectivity index (χ0) is 14.4. The highest BCUT2D eigenvalue weighted by molar-refractivity contribution is 9.10. The molecule has 0 radical (unpaired) electrons. The summed E-state index contributed by atoms with van der Waals surface area (Å²) in [6, 6.07) is 10.9. The Kier molecular flexibility index (Phi) is 6.13. The van der Waals surface area contributed by atoms with Gasteiger partial charge < -0.3 is 5.32 Å². The number of thioether (sulfide) groups is 1. The molecule has 3 nitrogen and oxygen atoms in total. The van der Waals surface area contributed by atoms with Crippen molar-refractivity contribution >= 4 is 27.7 Å². The summed E-state index contributed by atoms with van der Waals surface area (Å²) in [7, 11) is 2.00. The lowest BCUT2D eigenvalue weighted by molar-refractivity contribution is 0.535. The summed E-state index contributed by atoms with van der Waals surface area (Å²) in [5, 5.41) is 7.88. The number of rotatable bonds is 7. The molecule has 1 heterocycles. The van der Waals surface area contributed by atoms with E-state index in [0.717, 1.165) is 23.2 Å². The van der Waals surface area contributed by atoms with Crippen LogP contribution in [0.1, 0.15) is 25.1 Å². The van der Waals surface area contributed by atoms with Crippen molar-refractivity contribution in [1.29, 1.82) is 0 Å². The summed E-state index contributed by atoms with van der Waals surface area (Å²) in [5.41, 5.74) is 1.24. The Labute approximate surface area is 133 Å². The topological polar surface area (TPSA) is 29.9 Å². The van der Waals surface area contributed by atoms with Gasteiger partial charge in [0.25, 0.3) is 0 Å². The van der Waals surface area contributed by atoms with Crippen LogP contribution in [0.3, 0.4) is 0 Å². The lowest BCUT2D eigenvalue weighted by atomic mass is 10.2. The molecule has 0 spiro atoms. The van der Waals surface area contributed by atoms with E-state index in [4.69, 9.17) is 0 Å². The van der Waals surface area contributed by atoms with Gasteiger partial charge in [0.15, 0.2) is 0 Å². The van der Waals surface area contributed by atoms with Gasteiger partial charge in [0.05, 0.1) is 11.7 Å². The van der Waals surface area contributed by atoms with Crippen molar-refractivity contribution in [3.63, 3.8) is 0 Å². The molecule has 0 aliphatic heterocycles. The first-order valence-electron chi connectivity index (χ1n) is 6.80. The quantitative estimate of drug-likeness (QED) is 0.762. The molecule has 20 heavy (non-hydrogen) atoms. The van der Waals surface area contributed by atoms with Crippen LogP contribution < -0.4 is 5.32 Å². The van der Waals surface area contributed by atoms with Crippen molar-refractivity contribution in [3.8, 4) is 0 Å². The summed E-state index contributed by atoms with van der Waals surface area (Å²) >= 11 is 5.38. The van der Waals surface area contributed by atoms with E-state index in [1.165, 1.54) is 10.6 Å². The monoisotopic (exact) mass is 353 g/mol. The van der Waals surface area contributed by atoms with Crippen LogP contribution in [0.4, 0.5) is 0 Å². The Hall–Kier alpha value is -0.780. The van der Waals surface area contributed by atoms with Gasteiger partial charge in [-0.25, -0.2) is 0 Å². The number of aryl methyl sites for hydroxylation is 1. The van der Waals surface area contributed by atoms with Crippen molar-refractivity contribution in [2.24, 2.45) is 7.05 Å². The Balaban J connectivity index is 2.03. The fraction of sp³-hybridized carbons (Fsp3) is 0.400. The van der Waals surface area contributed by atoms with Gasteiger partial charge >= 0.3 is 0 Å². The number of hydrogen-bond donors (Lipinski definition) is 1. The number of benzene rings is 1. The average Bonchev–Trinajstić information content (AvgIpc) is 2.85. The van der Waals surface area contributed by atoms with Crippen LogP contribution in [0.25, 0.3) is 0 Å². The Bertz CT molecular complexity index is 541. The smallest absolute Gasteiger partial charge is 0.0587 e. The van der Waals surface area contributed by atoms with E-state index < -0.39 is 0 Å². The summed E-state index contributed by atoms with van der Waals surface area (Å²) in [6.45, 7) is 3.21. The predicted octanol–water partition coefficient (Wildman–Crippen LogP) is 4.02. The maximum atomic E-state index is 4.27. The molecule has 1 aromatic carbocycles. The Morgan fingerprint density at radius 1 is 1.40 bits per heavy atom. The van der Waals surface area contributed by atoms with Gasteiger partial charge in [0.1, 0.15) is 0 Å². The molecule has 1 unspecified atom stereocenters. The normalized spacial score (nSPS) is 12.6. The molecular formula is C15H20BrN3S. The van der Waals surface area contributed by atoms with Gasteiger partial charge in [0.2, 0.25) is 0 Å². The zero-order valence-corrected chi connectivity index (χ0v) is 14.2. The lowest BCUT2D eigenvalue weighted by Crippen LogP contribution is -2.26. The minimum atomic E-state index is 0.325. The van der Waals surface area contributed by atoms with E-state index >= 15 is 0 Å². The SMILES string of the molecule is CCCNC(CSc1cccc(Br)c1)c1ccnn1C. The molecule has 1 N–H and O–H groups in total. The van der Waals surface area contributed by atoms with Crippen LogP contribution in [0.5, 0.6) is 0 Å². The third-order valence-corrected chi connectivity index (χ3v) is 4.65. The van der Waals surface area contributed by atoms with E-state index in [1.807, 2.05) is 29.7 Å². The third kappa shape index (κ3) is 4.36. The van der Waals surface area contributed by atoms with Gasteiger partial charge in [-0.05, 0) is 37.2 Å². The van der Waals surface area contributed by atoms with E-state index in [9.17, 15) is 0 Å². The summed E-state index contributed by atoms with van der Waals surface area (Å²) in [6.07, 6.45) is 3.00. The largest absolute Gasteiger partial charge is 0.308 e. The first-order chi connectivity index (χ1) is 9.70. The summed E-state index contributed by atoms with van der Waals surface area (Å²) in [5.74, 6) is 0.996. The van der Waals surface area contributed by atoms with Crippen molar-refractivity contribution in [1.82, 2.24) is 15.1 Å². The van der Waals surface area contributed by atoms with Gasteiger partial charge in [-0.2, -0.15) is 5.10 Å². The molecule has 0 aliphatic rings. The van der Waals surface area contributed by atoms with Gasteiger partial charge in [-0.3, -0.25) is 4.68 Å². The van der Waals surface area contributed by atoms with Crippen molar-refractivity contribution in [2.45, 2.75) is 24.3 Å². The minimum absolute atomic E-state index is 0.325. The van der Waals surface area contributed by atoms with Gasteiger partial charge in [-0.1, -0.05) is 28.9 Å². The number of aromatic nitrogens is 2. The van der Waals surface area contributed by atoms with Crippen LogP contribution >= 0.6 is 27.7 Å². The molecule has 2 aromatic rings. The predicted molar refractivity (Wildman–Crippen MR) is 89.1 cm³/mol. The molecule has 0 saturated heterocycles. The van der Waals surface area contributed by atoms with Crippen LogP contribution in [0, 0.1) is 0 Å². The number of hydrogen-bond acceptors (Lipinski definition) is 3. The van der Waals surface area contributed by atoms with Crippen LogP contribution in [0.2, 0.25) is 0 Å². The molecule has 0 amide bonds. The fourth-order valence-electron chi connectivity index (χ4n) is 2.03. The average molecular weight is 354 g/mol. The zero-order valence-electron chi connectivity index (χ0n) is 11.8. The molecule has 5 heteroatoms. The highest BCUT2D eigenvalue weighted by Gasteiger charge is 2.14. The van der Waals surface area contributed by atoms with Crippen LogP contribution in [0.15, 0.2) is 45.9 Å². The summed E-state index contributed by atoms with van der Waals surface area (Å²) in [4.78, 5) is 1.28. The molecule has 0 bridgehead atoms. The van der Waals surface area contributed by atoms with E-state index in [2.05, 4.69) is 63.6 Å². The van der Waals surface area contributed by atoms with E-state index in [-0.39, 0.29) is 0 Å². The molecule has 0 saturated carbocycles.